The number of benzene rings is 1. The normalized spacial score (nSPS) is 23.8. The fourth-order valence-corrected chi connectivity index (χ4v) is 2.97. The third-order valence-corrected chi connectivity index (χ3v) is 4.15. The molecule has 1 saturated heterocycles. The number of amides is 1. The van der Waals surface area contributed by atoms with E-state index in [-0.39, 0.29) is 22.9 Å². The summed E-state index contributed by atoms with van der Waals surface area (Å²) in [5, 5.41) is 2.33. The second-order valence-electron chi connectivity index (χ2n) is 6.06. The van der Waals surface area contributed by atoms with Crippen LogP contribution in [0.15, 0.2) is 18.2 Å². The van der Waals surface area contributed by atoms with Crippen LogP contribution in [0.4, 0.5) is 18.9 Å². The molecule has 1 aromatic carbocycles. The molecule has 24 heavy (non-hydrogen) atoms. The summed E-state index contributed by atoms with van der Waals surface area (Å²) in [5.41, 5.74) is -1.25. The number of nitrogens with one attached hydrogen (secondary N) is 1. The van der Waals surface area contributed by atoms with Crippen molar-refractivity contribution in [2.24, 2.45) is 0 Å². The number of alkyl halides is 3. The van der Waals surface area contributed by atoms with Gasteiger partial charge in [0.25, 0.3) is 0 Å². The largest absolute Gasteiger partial charge is 0.418 e. The molecule has 0 unspecified atom stereocenters. The van der Waals surface area contributed by atoms with Gasteiger partial charge in [-0.15, -0.1) is 0 Å². The number of carbonyl (C=O) groups excluding carboxylic acids is 1. The van der Waals surface area contributed by atoms with Crippen LogP contribution in [0.2, 0.25) is 5.02 Å². The summed E-state index contributed by atoms with van der Waals surface area (Å²) in [5.74, 6) is -0.496. The van der Waals surface area contributed by atoms with Crippen LogP contribution in [-0.2, 0) is 15.7 Å². The van der Waals surface area contributed by atoms with Gasteiger partial charge in [0.2, 0.25) is 5.91 Å². The van der Waals surface area contributed by atoms with Gasteiger partial charge in [-0.2, -0.15) is 13.2 Å². The van der Waals surface area contributed by atoms with Crippen LogP contribution in [0.5, 0.6) is 0 Å². The average Bonchev–Trinajstić information content (AvgIpc) is 2.46. The highest BCUT2D eigenvalue weighted by atomic mass is 35.5. The minimum absolute atomic E-state index is 0.0368. The van der Waals surface area contributed by atoms with Crippen molar-refractivity contribution in [1.82, 2.24) is 4.90 Å². The molecule has 0 bridgehead atoms. The number of halogens is 4. The van der Waals surface area contributed by atoms with Crippen LogP contribution in [0.1, 0.15) is 26.3 Å². The fraction of sp³-hybridized carbons (Fsp3) is 0.562. The van der Waals surface area contributed by atoms with E-state index in [0.717, 1.165) is 6.07 Å². The first-order chi connectivity index (χ1) is 11.1. The van der Waals surface area contributed by atoms with E-state index in [2.05, 4.69) is 5.32 Å². The highest BCUT2D eigenvalue weighted by Gasteiger charge is 2.35. The predicted octanol–water partition coefficient (Wildman–Crippen LogP) is 3.80. The summed E-state index contributed by atoms with van der Waals surface area (Å²) in [6.45, 7) is 6.56. The van der Waals surface area contributed by atoms with E-state index in [9.17, 15) is 18.0 Å². The molecule has 0 aliphatic carbocycles. The lowest BCUT2D eigenvalue weighted by atomic mass is 10.1. The lowest BCUT2D eigenvalue weighted by molar-refractivity contribution is -0.137. The lowest BCUT2D eigenvalue weighted by Gasteiger charge is -2.38. The first-order valence-electron chi connectivity index (χ1n) is 7.65. The Morgan fingerprint density at radius 3 is 2.46 bits per heavy atom. The summed E-state index contributed by atoms with van der Waals surface area (Å²) in [6.07, 6.45) is -4.67. The molecule has 3 atom stereocenters. The molecule has 1 aromatic rings. The number of hydrogen-bond acceptors (Lipinski definition) is 3. The zero-order valence-corrected chi connectivity index (χ0v) is 14.4. The molecule has 8 heteroatoms. The Bertz CT molecular complexity index is 599. The molecule has 1 N–H and O–H groups in total. The number of rotatable bonds is 3. The number of nitrogens with zero attached hydrogens (tertiary/aromatic N) is 1. The maximum absolute atomic E-state index is 13.1. The molecule has 4 nitrogen and oxygen atoms in total. The standard InChI is InChI=1S/C16H20ClF3N2O2/c1-9-7-22(8-10(2)24-9)11(3)15(23)21-14-5-4-12(17)6-13(14)16(18,19)20/h4-6,9-11H,7-8H2,1-3H3,(H,21,23)/t9-,10-,11+/m1/s1. The van der Waals surface area contributed by atoms with Crippen molar-refractivity contribution in [3.63, 3.8) is 0 Å². The predicted molar refractivity (Wildman–Crippen MR) is 86.1 cm³/mol. The van der Waals surface area contributed by atoms with Crippen LogP contribution >= 0.6 is 11.6 Å². The van der Waals surface area contributed by atoms with Gasteiger partial charge in [0.1, 0.15) is 0 Å². The molecule has 0 saturated carbocycles. The van der Waals surface area contributed by atoms with Crippen molar-refractivity contribution < 1.29 is 22.7 Å². The van der Waals surface area contributed by atoms with Crippen molar-refractivity contribution in [3.8, 4) is 0 Å². The number of carbonyl (C=O) groups is 1. The van der Waals surface area contributed by atoms with Crippen LogP contribution in [0.3, 0.4) is 0 Å². The van der Waals surface area contributed by atoms with E-state index in [0.29, 0.717) is 13.1 Å². The second-order valence-corrected chi connectivity index (χ2v) is 6.50. The van der Waals surface area contributed by atoms with E-state index in [1.165, 1.54) is 12.1 Å². The Morgan fingerprint density at radius 1 is 1.33 bits per heavy atom. The van der Waals surface area contributed by atoms with Crippen molar-refractivity contribution >= 4 is 23.2 Å². The maximum atomic E-state index is 13.1. The van der Waals surface area contributed by atoms with Crippen molar-refractivity contribution in [1.29, 1.82) is 0 Å². The highest BCUT2D eigenvalue weighted by Crippen LogP contribution is 2.36. The summed E-state index contributed by atoms with van der Waals surface area (Å²) in [4.78, 5) is 14.3. The van der Waals surface area contributed by atoms with Gasteiger partial charge in [-0.1, -0.05) is 11.6 Å². The molecular formula is C16H20ClF3N2O2. The molecule has 0 spiro atoms. The molecule has 1 amide bonds. The molecular weight excluding hydrogens is 345 g/mol. The van der Waals surface area contributed by atoms with Gasteiger partial charge in [0, 0.05) is 18.1 Å². The van der Waals surface area contributed by atoms with Crippen molar-refractivity contribution in [2.45, 2.75) is 45.2 Å². The van der Waals surface area contributed by atoms with Gasteiger partial charge in [-0.05, 0) is 39.0 Å². The first kappa shape index (κ1) is 19.0. The third-order valence-electron chi connectivity index (χ3n) is 3.92. The Hall–Kier alpha value is -1.31. The summed E-state index contributed by atoms with van der Waals surface area (Å²) in [6, 6.07) is 2.72. The maximum Gasteiger partial charge on any atom is 0.418 e. The third kappa shape index (κ3) is 4.62. The Labute approximate surface area is 143 Å². The van der Waals surface area contributed by atoms with Crippen molar-refractivity contribution in [3.05, 3.63) is 28.8 Å². The van der Waals surface area contributed by atoms with E-state index >= 15 is 0 Å². The van der Waals surface area contributed by atoms with E-state index in [4.69, 9.17) is 16.3 Å². The van der Waals surface area contributed by atoms with Crippen LogP contribution < -0.4 is 5.32 Å². The summed E-state index contributed by atoms with van der Waals surface area (Å²) >= 11 is 5.64. The molecule has 1 fully saturated rings. The zero-order chi connectivity index (χ0) is 18.1. The molecule has 2 rings (SSSR count). The number of morpholine rings is 1. The SMILES string of the molecule is C[C@@H]1CN([C@@H](C)C(=O)Nc2ccc(Cl)cc2C(F)(F)F)C[C@@H](C)O1. The van der Waals surface area contributed by atoms with Crippen LogP contribution in [-0.4, -0.2) is 42.1 Å². The van der Waals surface area contributed by atoms with Gasteiger partial charge in [0.15, 0.2) is 0 Å². The van der Waals surface area contributed by atoms with E-state index in [1.807, 2.05) is 18.7 Å². The monoisotopic (exact) mass is 364 g/mol. The topological polar surface area (TPSA) is 41.6 Å². The number of hydrogen-bond donors (Lipinski definition) is 1. The second kappa shape index (κ2) is 7.29. The Morgan fingerprint density at radius 2 is 1.92 bits per heavy atom. The molecule has 0 radical (unpaired) electrons. The van der Waals surface area contributed by atoms with Crippen LogP contribution in [0.25, 0.3) is 0 Å². The Balaban J connectivity index is 2.15. The van der Waals surface area contributed by atoms with Crippen molar-refractivity contribution in [2.75, 3.05) is 18.4 Å². The smallest absolute Gasteiger partial charge is 0.373 e. The molecule has 0 aromatic heterocycles. The van der Waals surface area contributed by atoms with Gasteiger partial charge >= 0.3 is 6.18 Å². The highest BCUT2D eigenvalue weighted by molar-refractivity contribution is 6.30. The minimum Gasteiger partial charge on any atom is -0.373 e. The van der Waals surface area contributed by atoms with Gasteiger partial charge in [0.05, 0.1) is 29.5 Å². The first-order valence-corrected chi connectivity index (χ1v) is 8.03. The Kier molecular flexibility index (Phi) is 5.78. The number of ether oxygens (including phenoxy) is 1. The number of anilines is 1. The van der Waals surface area contributed by atoms with Gasteiger partial charge in [-0.25, -0.2) is 0 Å². The van der Waals surface area contributed by atoms with Gasteiger partial charge in [-0.3, -0.25) is 9.69 Å². The average molecular weight is 365 g/mol. The fourth-order valence-electron chi connectivity index (χ4n) is 2.80. The minimum atomic E-state index is -4.60. The quantitative estimate of drug-likeness (QED) is 0.887. The summed E-state index contributed by atoms with van der Waals surface area (Å²) < 4.78 is 44.9. The van der Waals surface area contributed by atoms with Gasteiger partial charge < -0.3 is 10.1 Å². The van der Waals surface area contributed by atoms with E-state index in [1.54, 1.807) is 6.92 Å². The van der Waals surface area contributed by atoms with Crippen LogP contribution in [0, 0.1) is 0 Å². The molecule has 1 aliphatic rings. The summed E-state index contributed by atoms with van der Waals surface area (Å²) in [7, 11) is 0. The zero-order valence-electron chi connectivity index (χ0n) is 13.7. The molecule has 1 aliphatic heterocycles. The molecule has 134 valence electrons. The molecule has 1 heterocycles. The van der Waals surface area contributed by atoms with E-state index < -0.39 is 23.7 Å². The lowest BCUT2D eigenvalue weighted by Crippen LogP contribution is -2.52.